The molecular weight excluding hydrogens is 614 g/mol. The van der Waals surface area contributed by atoms with E-state index in [1.807, 2.05) is 0 Å². The Balaban J connectivity index is 1.28. The van der Waals surface area contributed by atoms with E-state index in [0.717, 1.165) is 50.3 Å². The Kier molecular flexibility index (Phi) is 9.68. The van der Waals surface area contributed by atoms with Crippen LogP contribution in [0.4, 0.5) is 23.2 Å². The molecular formula is C32H33F4N3O5S. The first-order valence-corrected chi connectivity index (χ1v) is 15.9. The molecule has 5 rings (SSSR count). The number of methoxy groups -OCH3 is 1. The number of ether oxygens (including phenoxy) is 3. The van der Waals surface area contributed by atoms with Crippen molar-refractivity contribution in [2.75, 3.05) is 38.1 Å². The molecule has 1 saturated heterocycles. The van der Waals surface area contributed by atoms with E-state index in [1.165, 1.54) is 38.3 Å². The van der Waals surface area contributed by atoms with Crippen molar-refractivity contribution < 1.29 is 40.2 Å². The number of rotatable bonds is 11. The minimum absolute atomic E-state index is 0.199. The number of nitrogens with zero attached hydrogens (tertiary/aromatic N) is 2. The summed E-state index contributed by atoms with van der Waals surface area (Å²) in [4.78, 5) is 6.23. The van der Waals surface area contributed by atoms with Crippen LogP contribution < -0.4 is 18.9 Å². The van der Waals surface area contributed by atoms with Gasteiger partial charge in [0.1, 0.15) is 5.75 Å². The average Bonchev–Trinajstić information content (AvgIpc) is 3.00. The van der Waals surface area contributed by atoms with E-state index in [4.69, 9.17) is 14.2 Å². The number of anilines is 1. The van der Waals surface area contributed by atoms with Crippen LogP contribution in [0.25, 0.3) is 10.9 Å². The summed E-state index contributed by atoms with van der Waals surface area (Å²) in [5.41, 5.74) is -0.795. The first-order chi connectivity index (χ1) is 21.4. The minimum Gasteiger partial charge on any atom is -0.493 e. The summed E-state index contributed by atoms with van der Waals surface area (Å²) in [6, 6.07) is 11.6. The van der Waals surface area contributed by atoms with Crippen LogP contribution in [-0.2, 0) is 16.2 Å². The van der Waals surface area contributed by atoms with Gasteiger partial charge in [0.25, 0.3) is 10.0 Å². The molecule has 0 saturated carbocycles. The molecule has 0 aliphatic carbocycles. The smallest absolute Gasteiger partial charge is 0.416 e. The van der Waals surface area contributed by atoms with Gasteiger partial charge in [0.05, 0.1) is 35.4 Å². The maximum Gasteiger partial charge on any atom is 0.416 e. The SMILES string of the molecule is COc1cc2c(Oc3ccc(NS(=O)(=O)c4cccc(C(F)(F)F)c4)cc3F)ccnc2cc1OCCCN1CCCC(C)C1. The quantitative estimate of drug-likeness (QED) is 0.133. The number of nitrogens with one attached hydrogen (secondary N) is 1. The Labute approximate surface area is 259 Å². The van der Waals surface area contributed by atoms with Crippen LogP contribution in [0, 0.1) is 11.7 Å². The van der Waals surface area contributed by atoms with Crippen molar-refractivity contribution in [2.24, 2.45) is 5.92 Å². The summed E-state index contributed by atoms with van der Waals surface area (Å²) >= 11 is 0. The van der Waals surface area contributed by atoms with Crippen LogP contribution in [0.3, 0.4) is 0 Å². The van der Waals surface area contributed by atoms with Gasteiger partial charge in [0.2, 0.25) is 0 Å². The molecule has 1 aliphatic heterocycles. The molecule has 3 aromatic carbocycles. The molecule has 4 aromatic rings. The van der Waals surface area contributed by atoms with Crippen molar-refractivity contribution in [2.45, 2.75) is 37.3 Å². The summed E-state index contributed by atoms with van der Waals surface area (Å²) in [5.74, 6) is 0.826. The Hall–Kier alpha value is -4.10. The van der Waals surface area contributed by atoms with Crippen molar-refractivity contribution >= 4 is 26.6 Å². The fourth-order valence-electron chi connectivity index (χ4n) is 5.27. The second-order valence-electron chi connectivity index (χ2n) is 11.0. The van der Waals surface area contributed by atoms with Gasteiger partial charge in [-0.3, -0.25) is 9.71 Å². The summed E-state index contributed by atoms with van der Waals surface area (Å²) in [6.07, 6.45) is 0.118. The summed E-state index contributed by atoms with van der Waals surface area (Å²) in [6.45, 7) is 5.93. The maximum atomic E-state index is 15.1. The highest BCUT2D eigenvalue weighted by molar-refractivity contribution is 7.92. The second-order valence-corrected chi connectivity index (χ2v) is 12.6. The summed E-state index contributed by atoms with van der Waals surface area (Å²) in [7, 11) is -2.92. The third-order valence-electron chi connectivity index (χ3n) is 7.48. The number of fused-ring (bicyclic) bond motifs is 1. The highest BCUT2D eigenvalue weighted by Crippen LogP contribution is 2.38. The van der Waals surface area contributed by atoms with Gasteiger partial charge in [-0.25, -0.2) is 12.8 Å². The molecule has 1 atom stereocenters. The maximum absolute atomic E-state index is 15.1. The zero-order valence-corrected chi connectivity index (χ0v) is 25.6. The predicted molar refractivity (Wildman–Crippen MR) is 162 cm³/mol. The van der Waals surface area contributed by atoms with E-state index in [0.29, 0.717) is 41.0 Å². The van der Waals surface area contributed by atoms with Gasteiger partial charge in [-0.15, -0.1) is 0 Å². The predicted octanol–water partition coefficient (Wildman–Crippen LogP) is 7.50. The van der Waals surface area contributed by atoms with E-state index in [2.05, 4.69) is 21.5 Å². The number of hydrogen-bond donors (Lipinski definition) is 1. The zero-order valence-electron chi connectivity index (χ0n) is 24.7. The van der Waals surface area contributed by atoms with Crippen LogP contribution in [0.2, 0.25) is 0 Å². The molecule has 1 N–H and O–H groups in total. The van der Waals surface area contributed by atoms with E-state index in [9.17, 15) is 21.6 Å². The molecule has 8 nitrogen and oxygen atoms in total. The van der Waals surface area contributed by atoms with Gasteiger partial charge in [-0.1, -0.05) is 13.0 Å². The first kappa shape index (κ1) is 32.3. The minimum atomic E-state index is -4.72. The first-order valence-electron chi connectivity index (χ1n) is 14.4. The number of alkyl halides is 3. The second kappa shape index (κ2) is 13.5. The molecule has 1 unspecified atom stereocenters. The summed E-state index contributed by atoms with van der Waals surface area (Å²) < 4.78 is 99.2. The van der Waals surface area contributed by atoms with Gasteiger partial charge < -0.3 is 19.1 Å². The fraction of sp³-hybridized carbons (Fsp3) is 0.344. The lowest BCUT2D eigenvalue weighted by atomic mass is 10.0. The van der Waals surface area contributed by atoms with Gasteiger partial charge >= 0.3 is 6.18 Å². The van der Waals surface area contributed by atoms with Gasteiger partial charge in [-0.05, 0) is 74.2 Å². The molecule has 45 heavy (non-hydrogen) atoms. The van der Waals surface area contributed by atoms with Crippen LogP contribution in [0.1, 0.15) is 31.7 Å². The molecule has 1 fully saturated rings. The normalized spacial score (nSPS) is 16.0. The van der Waals surface area contributed by atoms with Crippen LogP contribution in [-0.4, -0.2) is 51.7 Å². The summed E-state index contributed by atoms with van der Waals surface area (Å²) in [5, 5.41) is 0.526. The van der Waals surface area contributed by atoms with Crippen LogP contribution >= 0.6 is 0 Å². The number of piperidine rings is 1. The number of hydrogen-bond acceptors (Lipinski definition) is 7. The molecule has 13 heteroatoms. The fourth-order valence-corrected chi connectivity index (χ4v) is 6.36. The number of pyridine rings is 1. The van der Waals surface area contributed by atoms with E-state index < -0.39 is 32.5 Å². The van der Waals surface area contributed by atoms with Gasteiger partial charge in [0.15, 0.2) is 23.1 Å². The van der Waals surface area contributed by atoms with Gasteiger partial charge in [0, 0.05) is 36.8 Å². The lowest BCUT2D eigenvalue weighted by molar-refractivity contribution is -0.137. The molecule has 1 aromatic heterocycles. The molecule has 2 heterocycles. The van der Waals surface area contributed by atoms with E-state index in [-0.39, 0.29) is 17.2 Å². The van der Waals surface area contributed by atoms with Crippen molar-refractivity contribution in [3.05, 3.63) is 78.2 Å². The number of benzene rings is 3. The number of likely N-dealkylation sites (tertiary alicyclic amines) is 1. The number of aromatic nitrogens is 1. The number of sulfonamides is 1. The van der Waals surface area contributed by atoms with Crippen molar-refractivity contribution in [1.29, 1.82) is 0 Å². The molecule has 0 radical (unpaired) electrons. The third kappa shape index (κ3) is 7.95. The largest absolute Gasteiger partial charge is 0.493 e. The molecule has 0 spiro atoms. The molecule has 0 amide bonds. The Morgan fingerprint density at radius 1 is 1.02 bits per heavy atom. The average molecular weight is 648 g/mol. The molecule has 1 aliphatic rings. The molecule has 0 bridgehead atoms. The third-order valence-corrected chi connectivity index (χ3v) is 8.86. The highest BCUT2D eigenvalue weighted by Gasteiger charge is 2.31. The lowest BCUT2D eigenvalue weighted by Crippen LogP contribution is -2.35. The van der Waals surface area contributed by atoms with E-state index >= 15 is 4.39 Å². The highest BCUT2D eigenvalue weighted by atomic mass is 32.2. The Morgan fingerprint density at radius 3 is 2.58 bits per heavy atom. The number of halogens is 4. The molecule has 240 valence electrons. The monoisotopic (exact) mass is 647 g/mol. The Bertz CT molecular complexity index is 1770. The lowest BCUT2D eigenvalue weighted by Gasteiger charge is -2.30. The van der Waals surface area contributed by atoms with E-state index in [1.54, 1.807) is 18.2 Å². The van der Waals surface area contributed by atoms with Crippen molar-refractivity contribution in [1.82, 2.24) is 9.88 Å². The topological polar surface area (TPSA) is 90.0 Å². The zero-order chi connectivity index (χ0) is 32.2. The standard InChI is InChI=1S/C32H33F4N3O5S/c1-21-6-4-13-39(20-21)14-5-15-43-31-19-27-25(18-30(31)42-2)28(11-12-37-27)44-29-10-9-23(17-26(29)33)38-45(40,41)24-8-3-7-22(16-24)32(34,35)36/h3,7-12,16-19,21,38H,4-6,13-15,20H2,1-2H3. The Morgan fingerprint density at radius 2 is 1.84 bits per heavy atom. The van der Waals surface area contributed by atoms with Crippen LogP contribution in [0.15, 0.2) is 71.8 Å². The van der Waals surface area contributed by atoms with Crippen molar-refractivity contribution in [3.63, 3.8) is 0 Å². The van der Waals surface area contributed by atoms with Crippen molar-refractivity contribution in [3.8, 4) is 23.0 Å². The van der Waals surface area contributed by atoms with Crippen LogP contribution in [0.5, 0.6) is 23.0 Å². The van der Waals surface area contributed by atoms with Gasteiger partial charge in [-0.2, -0.15) is 13.2 Å².